The van der Waals surface area contributed by atoms with Gasteiger partial charge in [0.05, 0.1) is 12.2 Å². The number of nitrogens with zero attached hydrogens (tertiary/aromatic N) is 3. The first-order chi connectivity index (χ1) is 9.86. The molecule has 0 aromatic heterocycles. The number of carbonyl (C=O) groups is 2. The Morgan fingerprint density at radius 2 is 1.76 bits per heavy atom. The van der Waals surface area contributed by atoms with Crippen LogP contribution in [0.1, 0.15) is 19.3 Å². The van der Waals surface area contributed by atoms with E-state index >= 15 is 0 Å². The van der Waals surface area contributed by atoms with E-state index in [1.54, 1.807) is 4.90 Å². The smallest absolute Gasteiger partial charge is 0.228 e. The summed E-state index contributed by atoms with van der Waals surface area (Å²) >= 11 is 0. The van der Waals surface area contributed by atoms with Crippen molar-refractivity contribution in [2.24, 2.45) is 5.92 Å². The molecular weight excluding hydrogens is 294 g/mol. The number of likely N-dealkylation sites (tertiary alicyclic amines) is 1. The van der Waals surface area contributed by atoms with Crippen molar-refractivity contribution in [1.29, 1.82) is 0 Å². The second kappa shape index (κ2) is 5.24. The number of piperazine rings is 1. The number of carbonyl (C=O) groups excluding carboxylic acids is 2. The van der Waals surface area contributed by atoms with Gasteiger partial charge in [0.1, 0.15) is 0 Å². The Bertz CT molecular complexity index is 550. The third kappa shape index (κ3) is 3.06. The molecule has 2 heterocycles. The van der Waals surface area contributed by atoms with Crippen molar-refractivity contribution in [3.8, 4) is 0 Å². The van der Waals surface area contributed by atoms with Gasteiger partial charge >= 0.3 is 0 Å². The maximum absolute atomic E-state index is 12.5. The summed E-state index contributed by atoms with van der Waals surface area (Å²) in [5.41, 5.74) is 0. The van der Waals surface area contributed by atoms with Crippen LogP contribution in [0.15, 0.2) is 0 Å². The molecule has 118 valence electrons. The van der Waals surface area contributed by atoms with Gasteiger partial charge in [0, 0.05) is 45.2 Å². The van der Waals surface area contributed by atoms with Crippen molar-refractivity contribution in [1.82, 2.24) is 14.1 Å². The molecule has 2 amide bonds. The van der Waals surface area contributed by atoms with Gasteiger partial charge in [-0.1, -0.05) is 0 Å². The van der Waals surface area contributed by atoms with E-state index < -0.39 is 10.0 Å². The maximum Gasteiger partial charge on any atom is 0.228 e. The Labute approximate surface area is 124 Å². The normalized spacial score (nSPS) is 28.2. The number of amides is 2. The molecule has 21 heavy (non-hydrogen) atoms. The monoisotopic (exact) mass is 315 g/mol. The lowest BCUT2D eigenvalue weighted by Gasteiger charge is -2.34. The highest BCUT2D eigenvalue weighted by atomic mass is 32.2. The zero-order chi connectivity index (χ0) is 15.2. The Morgan fingerprint density at radius 3 is 2.29 bits per heavy atom. The summed E-state index contributed by atoms with van der Waals surface area (Å²) in [5, 5.41) is 0. The van der Waals surface area contributed by atoms with Crippen LogP contribution in [-0.2, 0) is 19.6 Å². The second-order valence-corrected chi connectivity index (χ2v) is 8.15. The largest absolute Gasteiger partial charge is 0.340 e. The molecule has 3 fully saturated rings. The molecule has 1 unspecified atom stereocenters. The first kappa shape index (κ1) is 14.8. The third-order valence-corrected chi connectivity index (χ3v) is 5.82. The van der Waals surface area contributed by atoms with Gasteiger partial charge in [-0.3, -0.25) is 9.59 Å². The molecule has 2 saturated heterocycles. The molecule has 3 aliphatic rings. The van der Waals surface area contributed by atoms with Gasteiger partial charge in [0.15, 0.2) is 0 Å². The lowest BCUT2D eigenvalue weighted by atomic mass is 10.1. The first-order valence-electron chi connectivity index (χ1n) is 7.39. The van der Waals surface area contributed by atoms with E-state index in [0.29, 0.717) is 45.2 Å². The van der Waals surface area contributed by atoms with Crippen LogP contribution in [0.3, 0.4) is 0 Å². The predicted octanol–water partition coefficient (Wildman–Crippen LogP) is -0.899. The highest BCUT2D eigenvalue weighted by Gasteiger charge is 2.43. The topological polar surface area (TPSA) is 78.0 Å². The van der Waals surface area contributed by atoms with Crippen molar-refractivity contribution < 1.29 is 18.0 Å². The Kier molecular flexibility index (Phi) is 3.69. The number of hydrogen-bond donors (Lipinski definition) is 0. The molecule has 0 aromatic carbocycles. The molecule has 0 radical (unpaired) electrons. The molecule has 1 aliphatic carbocycles. The van der Waals surface area contributed by atoms with Crippen LogP contribution < -0.4 is 0 Å². The van der Waals surface area contributed by atoms with Crippen LogP contribution in [0.2, 0.25) is 0 Å². The Hall–Kier alpha value is -1.15. The van der Waals surface area contributed by atoms with Crippen LogP contribution in [0.4, 0.5) is 0 Å². The Morgan fingerprint density at radius 1 is 1.14 bits per heavy atom. The molecule has 1 saturated carbocycles. The predicted molar refractivity (Wildman–Crippen MR) is 75.8 cm³/mol. The summed E-state index contributed by atoms with van der Waals surface area (Å²) in [6.45, 7) is 2.06. The molecule has 0 bridgehead atoms. The minimum absolute atomic E-state index is 0.000323. The van der Waals surface area contributed by atoms with E-state index in [2.05, 4.69) is 0 Å². The Balaban J connectivity index is 1.56. The van der Waals surface area contributed by atoms with Crippen LogP contribution in [0, 0.1) is 5.92 Å². The van der Waals surface area contributed by atoms with E-state index in [4.69, 9.17) is 0 Å². The van der Waals surface area contributed by atoms with Crippen molar-refractivity contribution >= 4 is 21.8 Å². The van der Waals surface area contributed by atoms with Crippen molar-refractivity contribution in [2.75, 3.05) is 39.0 Å². The second-order valence-electron chi connectivity index (χ2n) is 6.17. The van der Waals surface area contributed by atoms with E-state index in [-0.39, 0.29) is 17.7 Å². The number of sulfonamides is 1. The molecule has 0 spiro atoms. The number of hydrogen-bond acceptors (Lipinski definition) is 4. The van der Waals surface area contributed by atoms with Crippen molar-refractivity contribution in [3.05, 3.63) is 0 Å². The van der Waals surface area contributed by atoms with Crippen LogP contribution >= 0.6 is 0 Å². The van der Waals surface area contributed by atoms with Gasteiger partial charge in [-0.25, -0.2) is 8.42 Å². The fourth-order valence-corrected chi connectivity index (χ4v) is 3.96. The van der Waals surface area contributed by atoms with E-state index in [1.165, 1.54) is 10.6 Å². The highest BCUT2D eigenvalue weighted by Crippen LogP contribution is 2.33. The molecule has 7 nitrogen and oxygen atoms in total. The molecule has 2 aliphatic heterocycles. The molecule has 3 rings (SSSR count). The average Bonchev–Trinajstić information content (AvgIpc) is 3.20. The van der Waals surface area contributed by atoms with Crippen molar-refractivity contribution in [3.63, 3.8) is 0 Å². The summed E-state index contributed by atoms with van der Waals surface area (Å²) in [7, 11) is -3.18. The fourth-order valence-electron chi connectivity index (χ4n) is 3.13. The SMILES string of the molecule is CS(=O)(=O)N1CCN(C(=O)C2CC(=O)N(C3CC3)C2)CC1. The molecule has 1 atom stereocenters. The van der Waals surface area contributed by atoms with Gasteiger partial charge in [-0.05, 0) is 12.8 Å². The van der Waals surface area contributed by atoms with E-state index in [9.17, 15) is 18.0 Å². The fraction of sp³-hybridized carbons (Fsp3) is 0.846. The summed E-state index contributed by atoms with van der Waals surface area (Å²) in [6, 6.07) is 0.359. The van der Waals surface area contributed by atoms with Crippen molar-refractivity contribution in [2.45, 2.75) is 25.3 Å². The molecule has 0 aromatic rings. The van der Waals surface area contributed by atoms with Crippen LogP contribution in [-0.4, -0.2) is 79.4 Å². The minimum atomic E-state index is -3.18. The zero-order valence-corrected chi connectivity index (χ0v) is 13.0. The van der Waals surface area contributed by atoms with Crippen LogP contribution in [0.25, 0.3) is 0 Å². The third-order valence-electron chi connectivity index (χ3n) is 4.51. The summed E-state index contributed by atoms with van der Waals surface area (Å²) < 4.78 is 24.3. The zero-order valence-electron chi connectivity index (χ0n) is 12.2. The quantitative estimate of drug-likeness (QED) is 0.676. The van der Waals surface area contributed by atoms with E-state index in [0.717, 1.165) is 12.8 Å². The van der Waals surface area contributed by atoms with Crippen LogP contribution in [0.5, 0.6) is 0 Å². The number of rotatable bonds is 3. The molecule has 8 heteroatoms. The van der Waals surface area contributed by atoms with Gasteiger partial charge in [0.2, 0.25) is 21.8 Å². The minimum Gasteiger partial charge on any atom is -0.340 e. The average molecular weight is 315 g/mol. The van der Waals surface area contributed by atoms with Gasteiger partial charge < -0.3 is 9.80 Å². The lowest BCUT2D eigenvalue weighted by molar-refractivity contribution is -0.137. The summed E-state index contributed by atoms with van der Waals surface area (Å²) in [4.78, 5) is 27.9. The summed E-state index contributed by atoms with van der Waals surface area (Å²) in [6.07, 6.45) is 3.61. The lowest BCUT2D eigenvalue weighted by Crippen LogP contribution is -2.51. The molecule has 0 N–H and O–H groups in total. The highest BCUT2D eigenvalue weighted by molar-refractivity contribution is 7.88. The standard InChI is InChI=1S/C13H21N3O4S/c1-21(19,20)15-6-4-14(5-7-15)13(18)10-8-12(17)16(9-10)11-2-3-11/h10-11H,2-9H2,1H3. The van der Waals surface area contributed by atoms with Gasteiger partial charge in [-0.2, -0.15) is 4.31 Å². The van der Waals surface area contributed by atoms with E-state index in [1.807, 2.05) is 4.90 Å². The first-order valence-corrected chi connectivity index (χ1v) is 9.24. The summed E-state index contributed by atoms with van der Waals surface area (Å²) in [5.74, 6) is -0.159. The molecular formula is C13H21N3O4S. The van der Waals surface area contributed by atoms with Gasteiger partial charge in [-0.15, -0.1) is 0 Å². The van der Waals surface area contributed by atoms with Gasteiger partial charge in [0.25, 0.3) is 0 Å². The maximum atomic E-state index is 12.5.